The summed E-state index contributed by atoms with van der Waals surface area (Å²) in [5, 5.41) is 0.957. The number of hydrogen-bond donors (Lipinski definition) is 0. The number of carbonyl (C=O) groups excluding carboxylic acids is 1. The normalized spacial score (nSPS) is 15.2. The third-order valence-corrected chi connectivity index (χ3v) is 5.37. The summed E-state index contributed by atoms with van der Waals surface area (Å²) >= 11 is 0. The highest BCUT2D eigenvalue weighted by atomic mass is 16.1. The lowest BCUT2D eigenvalue weighted by atomic mass is 10.1. The van der Waals surface area contributed by atoms with E-state index in [1.165, 1.54) is 5.56 Å². The van der Waals surface area contributed by atoms with Crippen LogP contribution in [0, 0.1) is 0 Å². The van der Waals surface area contributed by atoms with Crippen LogP contribution < -0.4 is 10.5 Å². The van der Waals surface area contributed by atoms with Crippen molar-refractivity contribution < 1.29 is 4.79 Å². The molecule has 1 aliphatic rings. The molecule has 2 heterocycles. The van der Waals surface area contributed by atoms with Crippen LogP contribution in [-0.2, 0) is 13.6 Å². The first kappa shape index (κ1) is 17.5. The predicted octanol–water partition coefficient (Wildman–Crippen LogP) is 2.67. The summed E-state index contributed by atoms with van der Waals surface area (Å²) in [5.74, 6) is 0. The third kappa shape index (κ3) is 3.26. The number of aldehydes is 1. The van der Waals surface area contributed by atoms with Gasteiger partial charge in [0.15, 0.2) is 6.29 Å². The number of piperazine rings is 1. The molecule has 0 unspecified atom stereocenters. The van der Waals surface area contributed by atoms with Gasteiger partial charge in [0.05, 0.1) is 11.2 Å². The predicted molar refractivity (Wildman–Crippen MR) is 109 cm³/mol. The molecule has 0 saturated carbocycles. The molecule has 0 radical (unpaired) electrons. The van der Waals surface area contributed by atoms with Gasteiger partial charge in [-0.1, -0.05) is 48.5 Å². The van der Waals surface area contributed by atoms with Gasteiger partial charge < -0.3 is 9.47 Å². The van der Waals surface area contributed by atoms with Crippen LogP contribution >= 0.6 is 0 Å². The summed E-state index contributed by atoms with van der Waals surface area (Å²) in [6, 6.07) is 18.2. The average Bonchev–Trinajstić information content (AvgIpc) is 2.72. The largest absolute Gasteiger partial charge is 0.368 e. The van der Waals surface area contributed by atoms with Crippen LogP contribution in [0.3, 0.4) is 0 Å². The lowest BCUT2D eigenvalue weighted by molar-refractivity contribution is 0.112. The fourth-order valence-electron chi connectivity index (χ4n) is 3.92. The van der Waals surface area contributed by atoms with Crippen LogP contribution in [0.25, 0.3) is 10.9 Å². The Labute approximate surface area is 158 Å². The Morgan fingerprint density at radius 1 is 0.926 bits per heavy atom. The van der Waals surface area contributed by atoms with E-state index < -0.39 is 0 Å². The van der Waals surface area contributed by atoms with Crippen molar-refractivity contribution in [3.05, 3.63) is 76.1 Å². The number of nitrogens with zero attached hydrogens (tertiary/aromatic N) is 3. The van der Waals surface area contributed by atoms with Crippen molar-refractivity contribution in [1.82, 2.24) is 9.47 Å². The Kier molecular flexibility index (Phi) is 4.77. The van der Waals surface area contributed by atoms with Gasteiger partial charge in [0.25, 0.3) is 5.56 Å². The van der Waals surface area contributed by atoms with E-state index in [1.54, 1.807) is 11.6 Å². The van der Waals surface area contributed by atoms with E-state index in [0.717, 1.165) is 49.3 Å². The second-order valence-corrected chi connectivity index (χ2v) is 7.01. The molecule has 2 aromatic carbocycles. The quantitative estimate of drug-likeness (QED) is 0.671. The van der Waals surface area contributed by atoms with Crippen LogP contribution in [0.15, 0.2) is 59.4 Å². The molecule has 0 amide bonds. The van der Waals surface area contributed by atoms with Gasteiger partial charge in [0.2, 0.25) is 0 Å². The Morgan fingerprint density at radius 3 is 2.30 bits per heavy atom. The molecule has 1 saturated heterocycles. The van der Waals surface area contributed by atoms with E-state index in [4.69, 9.17) is 0 Å². The van der Waals surface area contributed by atoms with Gasteiger partial charge in [-0.3, -0.25) is 14.5 Å². The van der Waals surface area contributed by atoms with Crippen molar-refractivity contribution in [2.24, 2.45) is 7.05 Å². The summed E-state index contributed by atoms with van der Waals surface area (Å²) in [5.41, 5.74) is 2.97. The molecular formula is C22H23N3O2. The minimum absolute atomic E-state index is 0.231. The summed E-state index contributed by atoms with van der Waals surface area (Å²) in [7, 11) is 1.72. The molecule has 1 aliphatic heterocycles. The maximum absolute atomic E-state index is 12.7. The molecule has 27 heavy (non-hydrogen) atoms. The van der Waals surface area contributed by atoms with Crippen LogP contribution in [0.4, 0.5) is 5.69 Å². The van der Waals surface area contributed by atoms with Gasteiger partial charge in [-0.2, -0.15) is 0 Å². The smallest absolute Gasteiger partial charge is 0.263 e. The number of benzene rings is 2. The SMILES string of the molecule is Cn1c(=O)c(C=O)c(N2CCN(Cc3ccccc3)CC2)c2ccccc21. The van der Waals surface area contributed by atoms with E-state index in [-0.39, 0.29) is 11.1 Å². The Hall–Kier alpha value is -2.92. The number of aryl methyl sites for hydroxylation is 1. The fourth-order valence-corrected chi connectivity index (χ4v) is 3.92. The lowest BCUT2D eigenvalue weighted by Gasteiger charge is -2.37. The Balaban J connectivity index is 1.63. The monoisotopic (exact) mass is 361 g/mol. The first-order valence-corrected chi connectivity index (χ1v) is 9.27. The summed E-state index contributed by atoms with van der Waals surface area (Å²) in [6.07, 6.45) is 0.709. The topological polar surface area (TPSA) is 45.6 Å². The summed E-state index contributed by atoms with van der Waals surface area (Å²) < 4.78 is 1.56. The van der Waals surface area contributed by atoms with Crippen molar-refractivity contribution >= 4 is 22.9 Å². The molecule has 138 valence electrons. The van der Waals surface area contributed by atoms with Crippen LogP contribution in [0.2, 0.25) is 0 Å². The highest BCUT2D eigenvalue weighted by molar-refractivity contribution is 6.00. The van der Waals surface area contributed by atoms with Gasteiger partial charge in [-0.05, 0) is 11.6 Å². The van der Waals surface area contributed by atoms with Crippen molar-refractivity contribution in [3.8, 4) is 0 Å². The Morgan fingerprint density at radius 2 is 1.59 bits per heavy atom. The minimum atomic E-state index is -0.231. The standard InChI is InChI=1S/C22H23N3O2/c1-23-20-10-6-5-9-18(20)21(19(16-26)22(23)27)25-13-11-24(12-14-25)15-17-7-3-2-4-8-17/h2-10,16H,11-15H2,1H3. The van der Waals surface area contributed by atoms with E-state index in [9.17, 15) is 9.59 Å². The number of anilines is 1. The first-order chi connectivity index (χ1) is 13.2. The number of fused-ring (bicyclic) bond motifs is 1. The molecule has 0 spiro atoms. The van der Waals surface area contributed by atoms with E-state index in [2.05, 4.69) is 34.1 Å². The van der Waals surface area contributed by atoms with E-state index >= 15 is 0 Å². The van der Waals surface area contributed by atoms with Gasteiger partial charge in [-0.15, -0.1) is 0 Å². The van der Waals surface area contributed by atoms with Crippen LogP contribution in [0.5, 0.6) is 0 Å². The van der Waals surface area contributed by atoms with Gasteiger partial charge in [0, 0.05) is 45.2 Å². The fraction of sp³-hybridized carbons (Fsp3) is 0.273. The van der Waals surface area contributed by atoms with Crippen molar-refractivity contribution in [2.75, 3.05) is 31.1 Å². The number of pyridine rings is 1. The maximum atomic E-state index is 12.7. The van der Waals surface area contributed by atoms with E-state index in [1.807, 2.05) is 30.3 Å². The number of aromatic nitrogens is 1. The Bertz CT molecular complexity index is 1020. The van der Waals surface area contributed by atoms with Gasteiger partial charge >= 0.3 is 0 Å². The van der Waals surface area contributed by atoms with Crippen molar-refractivity contribution in [1.29, 1.82) is 0 Å². The second kappa shape index (κ2) is 7.37. The number of rotatable bonds is 4. The zero-order chi connectivity index (χ0) is 18.8. The average molecular weight is 361 g/mol. The highest BCUT2D eigenvalue weighted by Gasteiger charge is 2.23. The molecule has 4 rings (SSSR count). The van der Waals surface area contributed by atoms with Crippen LogP contribution in [0.1, 0.15) is 15.9 Å². The molecule has 5 heteroatoms. The minimum Gasteiger partial charge on any atom is -0.368 e. The van der Waals surface area contributed by atoms with Crippen molar-refractivity contribution in [3.63, 3.8) is 0 Å². The zero-order valence-electron chi connectivity index (χ0n) is 15.5. The molecule has 0 bridgehead atoms. The van der Waals surface area contributed by atoms with Crippen LogP contribution in [-0.4, -0.2) is 41.9 Å². The second-order valence-electron chi connectivity index (χ2n) is 7.01. The molecule has 5 nitrogen and oxygen atoms in total. The van der Waals surface area contributed by atoms with E-state index in [0.29, 0.717) is 6.29 Å². The number of hydrogen-bond acceptors (Lipinski definition) is 4. The number of para-hydroxylation sites is 1. The summed E-state index contributed by atoms with van der Waals surface area (Å²) in [4.78, 5) is 29.0. The van der Waals surface area contributed by atoms with Gasteiger partial charge in [-0.25, -0.2) is 0 Å². The molecule has 0 aliphatic carbocycles. The third-order valence-electron chi connectivity index (χ3n) is 5.37. The maximum Gasteiger partial charge on any atom is 0.263 e. The first-order valence-electron chi connectivity index (χ1n) is 9.27. The molecule has 1 aromatic heterocycles. The zero-order valence-corrected chi connectivity index (χ0v) is 15.5. The lowest BCUT2D eigenvalue weighted by Crippen LogP contribution is -2.47. The molecule has 3 aromatic rings. The molecule has 0 N–H and O–H groups in total. The molecule has 0 atom stereocenters. The molecular weight excluding hydrogens is 338 g/mol. The van der Waals surface area contributed by atoms with Crippen molar-refractivity contribution in [2.45, 2.75) is 6.54 Å². The number of carbonyl (C=O) groups is 1. The molecule has 1 fully saturated rings. The highest BCUT2D eigenvalue weighted by Crippen LogP contribution is 2.29. The summed E-state index contributed by atoms with van der Waals surface area (Å²) in [6.45, 7) is 4.32. The van der Waals surface area contributed by atoms with Gasteiger partial charge in [0.1, 0.15) is 5.56 Å².